The van der Waals surface area contributed by atoms with E-state index in [1.165, 1.54) is 6.92 Å². The zero-order valence-electron chi connectivity index (χ0n) is 13.7. The number of phenolic OH excluding ortho intramolecular Hbond substituents is 1. The van der Waals surface area contributed by atoms with Crippen LogP contribution in [0.1, 0.15) is 24.0 Å². The predicted octanol–water partition coefficient (Wildman–Crippen LogP) is 3.34. The van der Waals surface area contributed by atoms with E-state index in [1.54, 1.807) is 12.1 Å². The Labute approximate surface area is 143 Å². The minimum Gasteiger partial charge on any atom is -0.507 e. The summed E-state index contributed by atoms with van der Waals surface area (Å²) < 4.78 is 38.4. The number of phenols is 1. The molecule has 0 bridgehead atoms. The van der Waals surface area contributed by atoms with Crippen molar-refractivity contribution in [1.29, 1.82) is 0 Å². The smallest absolute Gasteiger partial charge is 0.416 e. The largest absolute Gasteiger partial charge is 0.507 e. The number of aromatic hydroxyl groups is 1. The molecule has 3 rings (SSSR count). The number of piperidine rings is 1. The summed E-state index contributed by atoms with van der Waals surface area (Å²) in [5.74, 6) is 0.139. The maximum Gasteiger partial charge on any atom is 0.416 e. The standard InChI is InChI=1S/C17H19F3N4O/c1-10-7-11(17(18,19)20)8-14(25)16(10)13-4-5-15(24-23-13)22-12-3-2-6-21-9-12/h4-5,7-8,12,21,25H,2-3,6,9H2,1H3,(H,22,24)/t12-/m1/s1. The molecule has 0 saturated carbocycles. The summed E-state index contributed by atoms with van der Waals surface area (Å²) >= 11 is 0. The fraction of sp³-hybridized carbons (Fsp3) is 0.412. The summed E-state index contributed by atoms with van der Waals surface area (Å²) in [5.41, 5.74) is -0.0106. The van der Waals surface area contributed by atoms with Crippen molar-refractivity contribution in [2.24, 2.45) is 0 Å². The minimum absolute atomic E-state index is 0.256. The second-order valence-corrected chi connectivity index (χ2v) is 6.18. The molecule has 1 aliphatic rings. The SMILES string of the molecule is Cc1cc(C(F)(F)F)cc(O)c1-c1ccc(N[C@@H]2CCCNC2)nn1. The van der Waals surface area contributed by atoms with Crippen molar-refractivity contribution in [3.8, 4) is 17.0 Å². The molecular weight excluding hydrogens is 333 g/mol. The summed E-state index contributed by atoms with van der Waals surface area (Å²) in [6.45, 7) is 3.36. The Morgan fingerprint density at radius 2 is 2.04 bits per heavy atom. The molecule has 0 radical (unpaired) electrons. The van der Waals surface area contributed by atoms with Gasteiger partial charge in [-0.25, -0.2) is 0 Å². The molecule has 1 aromatic carbocycles. The van der Waals surface area contributed by atoms with Crippen LogP contribution in [0.3, 0.4) is 0 Å². The third-order valence-corrected chi connectivity index (χ3v) is 4.21. The van der Waals surface area contributed by atoms with Gasteiger partial charge in [0.25, 0.3) is 0 Å². The van der Waals surface area contributed by atoms with Crippen molar-refractivity contribution >= 4 is 5.82 Å². The van der Waals surface area contributed by atoms with E-state index in [0.29, 0.717) is 23.1 Å². The van der Waals surface area contributed by atoms with Gasteiger partial charge in [-0.05, 0) is 56.1 Å². The first-order valence-electron chi connectivity index (χ1n) is 8.07. The average Bonchev–Trinajstić information content (AvgIpc) is 2.56. The number of anilines is 1. The Morgan fingerprint density at radius 3 is 2.60 bits per heavy atom. The van der Waals surface area contributed by atoms with Crippen LogP contribution in [0.5, 0.6) is 5.75 Å². The molecular formula is C17H19F3N4O. The van der Waals surface area contributed by atoms with Crippen LogP contribution in [-0.2, 0) is 6.18 Å². The zero-order chi connectivity index (χ0) is 18.0. The lowest BCUT2D eigenvalue weighted by Gasteiger charge is -2.24. The topological polar surface area (TPSA) is 70.1 Å². The van der Waals surface area contributed by atoms with Crippen molar-refractivity contribution in [3.05, 3.63) is 35.4 Å². The van der Waals surface area contributed by atoms with Crippen LogP contribution in [0.2, 0.25) is 0 Å². The molecule has 3 N–H and O–H groups in total. The Kier molecular flexibility index (Phi) is 4.80. The molecule has 0 unspecified atom stereocenters. The van der Waals surface area contributed by atoms with Gasteiger partial charge in [0.05, 0.1) is 11.3 Å². The van der Waals surface area contributed by atoms with E-state index in [4.69, 9.17) is 0 Å². The van der Waals surface area contributed by atoms with Gasteiger partial charge in [0, 0.05) is 18.2 Å². The maximum absolute atomic E-state index is 12.8. The number of hydrogen-bond acceptors (Lipinski definition) is 5. The van der Waals surface area contributed by atoms with Gasteiger partial charge in [-0.15, -0.1) is 10.2 Å². The van der Waals surface area contributed by atoms with Gasteiger partial charge in [0.2, 0.25) is 0 Å². The van der Waals surface area contributed by atoms with E-state index in [9.17, 15) is 18.3 Å². The Balaban J connectivity index is 1.82. The van der Waals surface area contributed by atoms with E-state index in [1.807, 2.05) is 0 Å². The number of halogens is 3. The summed E-state index contributed by atoms with van der Waals surface area (Å²) in [7, 11) is 0. The van der Waals surface area contributed by atoms with Crippen LogP contribution in [-0.4, -0.2) is 34.4 Å². The highest BCUT2D eigenvalue weighted by atomic mass is 19.4. The molecule has 5 nitrogen and oxygen atoms in total. The number of benzene rings is 1. The molecule has 134 valence electrons. The van der Waals surface area contributed by atoms with Crippen molar-refractivity contribution in [2.45, 2.75) is 32.0 Å². The fourth-order valence-corrected chi connectivity index (χ4v) is 2.99. The highest BCUT2D eigenvalue weighted by molar-refractivity contribution is 5.71. The monoisotopic (exact) mass is 352 g/mol. The number of nitrogens with zero attached hydrogens (tertiary/aromatic N) is 2. The Bertz CT molecular complexity index is 718. The van der Waals surface area contributed by atoms with Gasteiger partial charge < -0.3 is 15.7 Å². The number of alkyl halides is 3. The van der Waals surface area contributed by atoms with Crippen LogP contribution in [0.15, 0.2) is 24.3 Å². The van der Waals surface area contributed by atoms with Crippen molar-refractivity contribution in [1.82, 2.24) is 15.5 Å². The van der Waals surface area contributed by atoms with Crippen LogP contribution < -0.4 is 10.6 Å². The number of nitrogens with one attached hydrogen (secondary N) is 2. The molecule has 0 aliphatic carbocycles. The first kappa shape index (κ1) is 17.5. The Morgan fingerprint density at radius 1 is 1.24 bits per heavy atom. The van der Waals surface area contributed by atoms with Gasteiger partial charge in [0.1, 0.15) is 11.6 Å². The summed E-state index contributed by atoms with van der Waals surface area (Å²) in [5, 5.41) is 24.7. The van der Waals surface area contributed by atoms with Gasteiger partial charge in [-0.3, -0.25) is 0 Å². The molecule has 2 aromatic rings. The second-order valence-electron chi connectivity index (χ2n) is 6.18. The molecule has 1 atom stereocenters. The van der Waals surface area contributed by atoms with Crippen LogP contribution in [0, 0.1) is 6.92 Å². The van der Waals surface area contributed by atoms with Crippen LogP contribution in [0.4, 0.5) is 19.0 Å². The van der Waals surface area contributed by atoms with Gasteiger partial charge in [-0.2, -0.15) is 13.2 Å². The zero-order valence-corrected chi connectivity index (χ0v) is 13.7. The third-order valence-electron chi connectivity index (χ3n) is 4.21. The van der Waals surface area contributed by atoms with Crippen molar-refractivity contribution < 1.29 is 18.3 Å². The average molecular weight is 352 g/mol. The highest BCUT2D eigenvalue weighted by Gasteiger charge is 2.32. The van der Waals surface area contributed by atoms with E-state index in [-0.39, 0.29) is 11.6 Å². The summed E-state index contributed by atoms with van der Waals surface area (Å²) in [4.78, 5) is 0. The number of hydrogen-bond donors (Lipinski definition) is 3. The maximum atomic E-state index is 12.8. The third kappa shape index (κ3) is 4.01. The van der Waals surface area contributed by atoms with E-state index >= 15 is 0 Å². The second kappa shape index (κ2) is 6.87. The lowest BCUT2D eigenvalue weighted by molar-refractivity contribution is -0.137. The lowest BCUT2D eigenvalue weighted by Crippen LogP contribution is -2.38. The number of aromatic nitrogens is 2. The van der Waals surface area contributed by atoms with Crippen LogP contribution >= 0.6 is 0 Å². The normalized spacial score (nSPS) is 18.2. The summed E-state index contributed by atoms with van der Waals surface area (Å²) in [6.07, 6.45) is -2.38. The van der Waals surface area contributed by atoms with E-state index in [2.05, 4.69) is 20.8 Å². The molecule has 8 heteroatoms. The van der Waals surface area contributed by atoms with Crippen molar-refractivity contribution in [3.63, 3.8) is 0 Å². The molecule has 2 heterocycles. The van der Waals surface area contributed by atoms with Crippen molar-refractivity contribution in [2.75, 3.05) is 18.4 Å². The van der Waals surface area contributed by atoms with E-state index in [0.717, 1.165) is 32.0 Å². The fourth-order valence-electron chi connectivity index (χ4n) is 2.99. The highest BCUT2D eigenvalue weighted by Crippen LogP contribution is 2.38. The predicted molar refractivity (Wildman–Crippen MR) is 88.4 cm³/mol. The number of rotatable bonds is 3. The van der Waals surface area contributed by atoms with Gasteiger partial charge in [0.15, 0.2) is 0 Å². The molecule has 0 amide bonds. The molecule has 1 aliphatic heterocycles. The molecule has 25 heavy (non-hydrogen) atoms. The molecule has 1 saturated heterocycles. The lowest BCUT2D eigenvalue weighted by atomic mass is 10.0. The first-order valence-corrected chi connectivity index (χ1v) is 8.07. The van der Waals surface area contributed by atoms with Gasteiger partial charge >= 0.3 is 6.18 Å². The molecule has 1 fully saturated rings. The summed E-state index contributed by atoms with van der Waals surface area (Å²) in [6, 6.07) is 5.34. The quantitative estimate of drug-likeness (QED) is 0.790. The molecule has 0 spiro atoms. The number of aryl methyl sites for hydroxylation is 1. The first-order chi connectivity index (χ1) is 11.8. The van der Waals surface area contributed by atoms with E-state index < -0.39 is 17.5 Å². The Hall–Kier alpha value is -2.35. The minimum atomic E-state index is -4.51. The molecule has 1 aromatic heterocycles. The van der Waals surface area contributed by atoms with Crippen LogP contribution in [0.25, 0.3) is 11.3 Å². The van der Waals surface area contributed by atoms with Gasteiger partial charge in [-0.1, -0.05) is 0 Å².